The lowest BCUT2D eigenvalue weighted by molar-refractivity contribution is 0.0348. The zero-order chi connectivity index (χ0) is 20.0. The van der Waals surface area contributed by atoms with E-state index in [2.05, 4.69) is 9.97 Å². The first-order chi connectivity index (χ1) is 14.0. The number of cyclic esters (lactones) is 1. The van der Waals surface area contributed by atoms with Crippen LogP contribution in [0.1, 0.15) is 25.0 Å². The monoisotopic (exact) mass is 384 g/mol. The van der Waals surface area contributed by atoms with Crippen LogP contribution in [-0.2, 0) is 16.9 Å². The molecule has 6 nitrogen and oxygen atoms in total. The molecule has 2 aromatic heterocycles. The average Bonchev–Trinajstić information content (AvgIpc) is 3.14. The van der Waals surface area contributed by atoms with E-state index in [9.17, 15) is 4.79 Å². The predicted octanol–water partition coefficient (Wildman–Crippen LogP) is 5.02. The summed E-state index contributed by atoms with van der Waals surface area (Å²) in [7, 11) is 0. The summed E-state index contributed by atoms with van der Waals surface area (Å²) >= 11 is 0. The van der Waals surface area contributed by atoms with Gasteiger partial charge in [-0.15, -0.1) is 0 Å². The van der Waals surface area contributed by atoms with Gasteiger partial charge in [-0.3, -0.25) is 9.88 Å². The van der Waals surface area contributed by atoms with Crippen molar-refractivity contribution in [2.75, 3.05) is 4.90 Å². The van der Waals surface area contributed by atoms with Crippen LogP contribution in [0.3, 0.4) is 0 Å². The predicted molar refractivity (Wildman–Crippen MR) is 111 cm³/mol. The summed E-state index contributed by atoms with van der Waals surface area (Å²) < 4.78 is 5.77. The fourth-order valence-electron chi connectivity index (χ4n) is 3.74. The van der Waals surface area contributed by atoms with E-state index in [-0.39, 0.29) is 6.09 Å². The topological polar surface area (TPSA) is 71.1 Å². The molecule has 1 N–H and O–H groups in total. The number of hydrogen-bond donors (Lipinski definition) is 1. The van der Waals surface area contributed by atoms with E-state index in [0.29, 0.717) is 6.54 Å². The summed E-state index contributed by atoms with van der Waals surface area (Å²) in [5, 5.41) is 0. The van der Waals surface area contributed by atoms with Crippen molar-refractivity contribution >= 4 is 22.8 Å². The van der Waals surface area contributed by atoms with Crippen molar-refractivity contribution in [3.05, 3.63) is 78.1 Å². The quantitative estimate of drug-likeness (QED) is 0.539. The van der Waals surface area contributed by atoms with E-state index in [0.717, 1.165) is 39.2 Å². The number of nitrogens with zero attached hydrogens (tertiary/aromatic N) is 3. The Bertz CT molecular complexity index is 1200. The molecule has 144 valence electrons. The fraction of sp³-hybridized carbons (Fsp3) is 0.174. The second-order valence-corrected chi connectivity index (χ2v) is 7.66. The van der Waals surface area contributed by atoms with Gasteiger partial charge in [-0.25, -0.2) is 9.78 Å². The van der Waals surface area contributed by atoms with Gasteiger partial charge in [-0.2, -0.15) is 0 Å². The first-order valence-corrected chi connectivity index (χ1v) is 9.50. The molecule has 0 saturated heterocycles. The molecule has 4 aromatic rings. The smallest absolute Gasteiger partial charge is 0.415 e. The van der Waals surface area contributed by atoms with Crippen LogP contribution in [0, 0.1) is 0 Å². The number of carbonyl (C=O) groups excluding carboxylic acids is 1. The van der Waals surface area contributed by atoms with Gasteiger partial charge in [0.05, 0.1) is 23.3 Å². The van der Waals surface area contributed by atoms with Gasteiger partial charge in [0.2, 0.25) is 0 Å². The summed E-state index contributed by atoms with van der Waals surface area (Å²) in [6, 6.07) is 17.7. The van der Waals surface area contributed by atoms with Crippen molar-refractivity contribution in [1.82, 2.24) is 15.0 Å². The van der Waals surface area contributed by atoms with Crippen LogP contribution in [0.4, 0.5) is 10.5 Å². The molecule has 2 aromatic carbocycles. The molecule has 0 aliphatic carbocycles. The van der Waals surface area contributed by atoms with E-state index in [1.54, 1.807) is 17.3 Å². The van der Waals surface area contributed by atoms with Crippen LogP contribution in [0.2, 0.25) is 0 Å². The molecular formula is C23H20N4O2. The summed E-state index contributed by atoms with van der Waals surface area (Å²) in [6.45, 7) is 4.26. The number of aromatic nitrogens is 3. The minimum atomic E-state index is -0.726. The summed E-state index contributed by atoms with van der Waals surface area (Å²) in [4.78, 5) is 26.7. The van der Waals surface area contributed by atoms with Gasteiger partial charge < -0.3 is 9.72 Å². The Kier molecular flexibility index (Phi) is 3.87. The molecule has 1 aliphatic heterocycles. The van der Waals surface area contributed by atoms with Gasteiger partial charge in [-0.1, -0.05) is 30.3 Å². The zero-order valence-corrected chi connectivity index (χ0v) is 16.2. The third-order valence-electron chi connectivity index (χ3n) is 5.24. The number of hydrogen-bond acceptors (Lipinski definition) is 4. The number of anilines is 1. The van der Waals surface area contributed by atoms with E-state index < -0.39 is 5.60 Å². The molecular weight excluding hydrogens is 364 g/mol. The molecule has 3 heterocycles. The van der Waals surface area contributed by atoms with E-state index in [1.807, 2.05) is 68.4 Å². The van der Waals surface area contributed by atoms with E-state index in [4.69, 9.17) is 9.72 Å². The van der Waals surface area contributed by atoms with E-state index in [1.165, 1.54) is 0 Å². The molecule has 6 heteroatoms. The number of H-pyrrole nitrogens is 1. The highest BCUT2D eigenvalue weighted by Gasteiger charge is 2.38. The van der Waals surface area contributed by atoms with Gasteiger partial charge in [-0.05, 0) is 43.7 Å². The molecule has 0 atom stereocenters. The Morgan fingerprint density at radius 1 is 1.07 bits per heavy atom. The second-order valence-electron chi connectivity index (χ2n) is 7.66. The summed E-state index contributed by atoms with van der Waals surface area (Å²) in [6.07, 6.45) is 3.13. The maximum absolute atomic E-state index is 12.8. The minimum absolute atomic E-state index is 0.351. The maximum atomic E-state index is 12.8. The van der Waals surface area contributed by atoms with Crippen molar-refractivity contribution < 1.29 is 9.53 Å². The maximum Gasteiger partial charge on any atom is 0.415 e. The number of fused-ring (bicyclic) bond motifs is 2. The summed E-state index contributed by atoms with van der Waals surface area (Å²) in [5.74, 6) is 0.768. The van der Waals surface area contributed by atoms with Crippen LogP contribution in [0.15, 0.2) is 67.0 Å². The molecule has 0 saturated carbocycles. The van der Waals surface area contributed by atoms with Gasteiger partial charge in [0.1, 0.15) is 11.4 Å². The number of amides is 1. The molecule has 1 aliphatic rings. The lowest BCUT2D eigenvalue weighted by Gasteiger charge is -2.38. The first kappa shape index (κ1) is 17.4. The Morgan fingerprint density at radius 3 is 2.59 bits per heavy atom. The molecule has 0 unspecified atom stereocenters. The lowest BCUT2D eigenvalue weighted by atomic mass is 9.93. The number of carbonyl (C=O) groups is 1. The molecule has 5 rings (SSSR count). The number of nitrogens with one attached hydrogen (secondary N) is 1. The second kappa shape index (κ2) is 6.44. The Balaban J connectivity index is 1.64. The Morgan fingerprint density at radius 2 is 1.83 bits per heavy atom. The highest BCUT2D eigenvalue weighted by molar-refractivity contribution is 5.95. The van der Waals surface area contributed by atoms with E-state index >= 15 is 0 Å². The van der Waals surface area contributed by atoms with Crippen LogP contribution < -0.4 is 4.90 Å². The largest absolute Gasteiger partial charge is 0.438 e. The average molecular weight is 384 g/mol. The normalized spacial score (nSPS) is 15.2. The van der Waals surface area contributed by atoms with Crippen molar-refractivity contribution in [2.45, 2.75) is 26.0 Å². The molecule has 0 radical (unpaired) electrons. The molecule has 0 bridgehead atoms. The highest BCUT2D eigenvalue weighted by atomic mass is 16.6. The fourth-order valence-corrected chi connectivity index (χ4v) is 3.74. The number of benzene rings is 2. The highest BCUT2D eigenvalue weighted by Crippen LogP contribution is 2.41. The van der Waals surface area contributed by atoms with Crippen LogP contribution in [-0.4, -0.2) is 21.0 Å². The Labute approximate surface area is 168 Å². The van der Waals surface area contributed by atoms with Crippen molar-refractivity contribution in [2.24, 2.45) is 0 Å². The van der Waals surface area contributed by atoms with Crippen molar-refractivity contribution in [1.29, 1.82) is 0 Å². The molecule has 1 amide bonds. The van der Waals surface area contributed by atoms with Crippen LogP contribution in [0.5, 0.6) is 0 Å². The summed E-state index contributed by atoms with van der Waals surface area (Å²) in [5.41, 5.74) is 4.76. The van der Waals surface area contributed by atoms with Crippen molar-refractivity contribution in [3.8, 4) is 11.4 Å². The standard InChI is InChI=1S/C23H20N4O2/c1-23(2)17-12-18-19(26-21(25-18)16-8-10-24-11-9-16)13-20(17)27(22(28)29-23)14-15-6-4-3-5-7-15/h3-13H,14H2,1-2H3,(H,25,26). The Hall–Kier alpha value is -3.67. The van der Waals surface area contributed by atoms with Gasteiger partial charge in [0.25, 0.3) is 0 Å². The SMILES string of the molecule is CC1(C)OC(=O)N(Cc2ccccc2)c2cc3nc(-c4ccncc4)[nH]c3cc21. The first-order valence-electron chi connectivity index (χ1n) is 9.50. The molecule has 0 fully saturated rings. The zero-order valence-electron chi connectivity index (χ0n) is 16.2. The number of imidazole rings is 1. The minimum Gasteiger partial charge on any atom is -0.438 e. The molecule has 29 heavy (non-hydrogen) atoms. The van der Waals surface area contributed by atoms with Gasteiger partial charge in [0, 0.05) is 23.5 Å². The number of ether oxygens (including phenoxy) is 1. The lowest BCUT2D eigenvalue weighted by Crippen LogP contribution is -2.43. The van der Waals surface area contributed by atoms with Gasteiger partial charge in [0.15, 0.2) is 0 Å². The van der Waals surface area contributed by atoms with Crippen molar-refractivity contribution in [3.63, 3.8) is 0 Å². The third kappa shape index (κ3) is 3.02. The number of rotatable bonds is 3. The van der Waals surface area contributed by atoms with Crippen LogP contribution in [0.25, 0.3) is 22.4 Å². The van der Waals surface area contributed by atoms with Crippen LogP contribution >= 0.6 is 0 Å². The third-order valence-corrected chi connectivity index (χ3v) is 5.24. The number of aromatic amines is 1. The number of pyridine rings is 1. The van der Waals surface area contributed by atoms with Gasteiger partial charge >= 0.3 is 6.09 Å². The molecule has 0 spiro atoms.